The zero-order valence-electron chi connectivity index (χ0n) is 8.77. The molecule has 0 atom stereocenters. The molecule has 0 aliphatic rings. The highest BCUT2D eigenvalue weighted by atomic mass is 79.9. The summed E-state index contributed by atoms with van der Waals surface area (Å²) in [5, 5.41) is 5.65. The van der Waals surface area contributed by atoms with Gasteiger partial charge in [-0.05, 0) is 12.1 Å². The molecule has 0 bridgehead atoms. The van der Waals surface area contributed by atoms with Crippen molar-refractivity contribution in [2.75, 3.05) is 14.1 Å². The number of carbonyl (C=O) groups is 1. The molecule has 15 heavy (non-hydrogen) atoms. The van der Waals surface area contributed by atoms with Crippen LogP contribution < -0.4 is 0 Å². The Morgan fingerprint density at radius 3 is 2.87 bits per heavy atom. The van der Waals surface area contributed by atoms with E-state index in [1.54, 1.807) is 17.3 Å². The number of ketones is 1. The quantitative estimate of drug-likeness (QED) is 0.478. The van der Waals surface area contributed by atoms with E-state index in [0.29, 0.717) is 12.0 Å². The Bertz CT molecular complexity index is 375. The molecule has 0 aliphatic heterocycles. The molecule has 0 unspecified atom stereocenters. The van der Waals surface area contributed by atoms with Crippen LogP contribution in [0, 0.1) is 0 Å². The van der Waals surface area contributed by atoms with E-state index in [2.05, 4.69) is 21.0 Å². The molecule has 0 aliphatic carbocycles. The van der Waals surface area contributed by atoms with Gasteiger partial charge in [0, 0.05) is 36.8 Å². The second-order valence-electron chi connectivity index (χ2n) is 3.28. The Morgan fingerprint density at radius 1 is 1.53 bits per heavy atom. The van der Waals surface area contributed by atoms with Gasteiger partial charge in [0.05, 0.1) is 0 Å². The van der Waals surface area contributed by atoms with Crippen molar-refractivity contribution < 1.29 is 4.79 Å². The maximum Gasteiger partial charge on any atom is 0.168 e. The lowest BCUT2D eigenvalue weighted by atomic mass is 10.1. The molecule has 1 aromatic carbocycles. The highest BCUT2D eigenvalue weighted by Gasteiger charge is 2.03. The van der Waals surface area contributed by atoms with Crippen molar-refractivity contribution in [3.05, 3.63) is 34.3 Å². The minimum atomic E-state index is 0.0712. The second-order valence-corrected chi connectivity index (χ2v) is 4.20. The molecular formula is C11H13BrN2O. The first-order chi connectivity index (χ1) is 7.09. The van der Waals surface area contributed by atoms with Crippen LogP contribution in [0.25, 0.3) is 0 Å². The molecule has 3 nitrogen and oxygen atoms in total. The van der Waals surface area contributed by atoms with Gasteiger partial charge in [-0.3, -0.25) is 4.79 Å². The third-order valence-corrected chi connectivity index (χ3v) is 2.23. The number of rotatable bonds is 4. The maximum atomic E-state index is 11.6. The van der Waals surface area contributed by atoms with Crippen molar-refractivity contribution in [2.45, 2.75) is 6.42 Å². The van der Waals surface area contributed by atoms with Gasteiger partial charge in [-0.1, -0.05) is 28.1 Å². The molecule has 0 spiro atoms. The van der Waals surface area contributed by atoms with Gasteiger partial charge in [0.15, 0.2) is 5.78 Å². The standard InChI is InChI=1S/C11H13BrN2O/c1-14(2)13-7-6-11(15)9-4-3-5-10(12)8-9/h3-5,7-8H,6H2,1-2H3/b13-7+. The molecule has 0 amide bonds. The number of carbonyl (C=O) groups excluding carboxylic acids is 1. The van der Waals surface area contributed by atoms with Crippen molar-refractivity contribution in [3.8, 4) is 0 Å². The molecule has 1 rings (SSSR count). The SMILES string of the molecule is CN(C)/N=C/CC(=O)c1cccc(Br)c1. The Hall–Kier alpha value is -1.16. The average molecular weight is 269 g/mol. The lowest BCUT2D eigenvalue weighted by Gasteiger charge is -2.02. The monoisotopic (exact) mass is 268 g/mol. The Kier molecular flexibility index (Phi) is 4.49. The van der Waals surface area contributed by atoms with E-state index in [4.69, 9.17) is 0 Å². The molecule has 80 valence electrons. The summed E-state index contributed by atoms with van der Waals surface area (Å²) in [7, 11) is 3.64. The number of halogens is 1. The molecule has 1 aromatic rings. The van der Waals surface area contributed by atoms with Gasteiger partial charge in [-0.25, -0.2) is 0 Å². The summed E-state index contributed by atoms with van der Waals surface area (Å²) >= 11 is 3.33. The highest BCUT2D eigenvalue weighted by Crippen LogP contribution is 2.12. The lowest BCUT2D eigenvalue weighted by Crippen LogP contribution is -2.04. The van der Waals surface area contributed by atoms with E-state index in [-0.39, 0.29) is 5.78 Å². The first kappa shape index (κ1) is 11.9. The van der Waals surface area contributed by atoms with E-state index in [9.17, 15) is 4.79 Å². The fourth-order valence-corrected chi connectivity index (χ4v) is 1.47. The predicted octanol–water partition coefficient (Wildman–Crippen LogP) is 2.57. The van der Waals surface area contributed by atoms with Gasteiger partial charge >= 0.3 is 0 Å². The molecule has 4 heteroatoms. The van der Waals surface area contributed by atoms with Gasteiger partial charge in [-0.2, -0.15) is 5.10 Å². The van der Waals surface area contributed by atoms with Crippen molar-refractivity contribution in [2.24, 2.45) is 5.10 Å². The van der Waals surface area contributed by atoms with Crippen LogP contribution in [-0.2, 0) is 0 Å². The fraction of sp³-hybridized carbons (Fsp3) is 0.273. The average Bonchev–Trinajstić information content (AvgIpc) is 2.17. The summed E-state index contributed by atoms with van der Waals surface area (Å²) in [6.45, 7) is 0. The molecule has 0 N–H and O–H groups in total. The van der Waals surface area contributed by atoms with Gasteiger partial charge in [-0.15, -0.1) is 0 Å². The topological polar surface area (TPSA) is 32.7 Å². The molecule has 0 aromatic heterocycles. The predicted molar refractivity (Wildman–Crippen MR) is 65.3 cm³/mol. The molecule has 0 fully saturated rings. The molecule has 0 saturated heterocycles. The highest BCUT2D eigenvalue weighted by molar-refractivity contribution is 9.10. The normalized spacial score (nSPS) is 10.6. The first-order valence-electron chi connectivity index (χ1n) is 4.58. The molecular weight excluding hydrogens is 256 g/mol. The first-order valence-corrected chi connectivity index (χ1v) is 5.37. The Balaban J connectivity index is 2.62. The summed E-state index contributed by atoms with van der Waals surface area (Å²) in [5.74, 6) is 0.0712. The van der Waals surface area contributed by atoms with Crippen LogP contribution in [0.4, 0.5) is 0 Å². The second kappa shape index (κ2) is 5.66. The summed E-state index contributed by atoms with van der Waals surface area (Å²) < 4.78 is 0.915. The molecule has 0 saturated carbocycles. The van der Waals surface area contributed by atoms with E-state index < -0.39 is 0 Å². The van der Waals surface area contributed by atoms with E-state index in [1.165, 1.54) is 0 Å². The number of hydrazone groups is 1. The largest absolute Gasteiger partial charge is 0.303 e. The van der Waals surface area contributed by atoms with Crippen LogP contribution in [0.3, 0.4) is 0 Å². The number of hydrogen-bond donors (Lipinski definition) is 0. The van der Waals surface area contributed by atoms with E-state index >= 15 is 0 Å². The minimum absolute atomic E-state index is 0.0712. The Labute approximate surface area is 97.9 Å². The number of benzene rings is 1. The van der Waals surface area contributed by atoms with Crippen molar-refractivity contribution in [3.63, 3.8) is 0 Å². The number of Topliss-reactive ketones (excluding diaryl/α,β-unsaturated/α-hetero) is 1. The third kappa shape index (κ3) is 4.25. The summed E-state index contributed by atoms with van der Waals surface area (Å²) in [5.41, 5.74) is 0.703. The van der Waals surface area contributed by atoms with E-state index in [1.807, 2.05) is 32.3 Å². The van der Waals surface area contributed by atoms with Gasteiger partial charge in [0.1, 0.15) is 0 Å². The zero-order valence-corrected chi connectivity index (χ0v) is 10.4. The smallest absolute Gasteiger partial charge is 0.168 e. The summed E-state index contributed by atoms with van der Waals surface area (Å²) in [4.78, 5) is 11.6. The van der Waals surface area contributed by atoms with Gasteiger partial charge < -0.3 is 5.01 Å². The maximum absolute atomic E-state index is 11.6. The molecule has 0 heterocycles. The van der Waals surface area contributed by atoms with Gasteiger partial charge in [0.2, 0.25) is 0 Å². The zero-order chi connectivity index (χ0) is 11.3. The lowest BCUT2D eigenvalue weighted by molar-refractivity contribution is 0.100. The van der Waals surface area contributed by atoms with Crippen LogP contribution in [0.2, 0.25) is 0 Å². The summed E-state index contributed by atoms with van der Waals surface area (Å²) in [6.07, 6.45) is 1.94. The van der Waals surface area contributed by atoms with Gasteiger partial charge in [0.25, 0.3) is 0 Å². The van der Waals surface area contributed by atoms with Crippen LogP contribution in [0.1, 0.15) is 16.8 Å². The van der Waals surface area contributed by atoms with Crippen LogP contribution in [0.15, 0.2) is 33.8 Å². The Morgan fingerprint density at radius 2 is 2.27 bits per heavy atom. The van der Waals surface area contributed by atoms with Crippen molar-refractivity contribution in [1.82, 2.24) is 5.01 Å². The molecule has 0 radical (unpaired) electrons. The van der Waals surface area contributed by atoms with Crippen molar-refractivity contribution in [1.29, 1.82) is 0 Å². The minimum Gasteiger partial charge on any atom is -0.303 e. The fourth-order valence-electron chi connectivity index (χ4n) is 1.07. The third-order valence-electron chi connectivity index (χ3n) is 1.74. The number of hydrogen-bond acceptors (Lipinski definition) is 3. The summed E-state index contributed by atoms with van der Waals surface area (Å²) in [6, 6.07) is 7.35. The van der Waals surface area contributed by atoms with E-state index in [0.717, 1.165) is 4.47 Å². The van der Waals surface area contributed by atoms with Crippen LogP contribution in [-0.4, -0.2) is 31.1 Å². The van der Waals surface area contributed by atoms with Crippen LogP contribution >= 0.6 is 15.9 Å². The number of nitrogens with zero attached hydrogens (tertiary/aromatic N) is 2. The van der Waals surface area contributed by atoms with Crippen LogP contribution in [0.5, 0.6) is 0 Å². The van der Waals surface area contributed by atoms with Crippen molar-refractivity contribution >= 4 is 27.9 Å².